The van der Waals surface area contributed by atoms with E-state index in [0.29, 0.717) is 0 Å². The maximum Gasteiger partial charge on any atom is 0.252 e. The standard InChI is InChI=1S/C8H5ClN2O4/c9-8(12)5-1-2-7(11(14)15)4-6(3-5)10-13/h1-4,7H. The van der Waals surface area contributed by atoms with Crippen molar-refractivity contribution in [2.75, 3.05) is 0 Å². The zero-order chi connectivity index (χ0) is 11.4. The zero-order valence-electron chi connectivity index (χ0n) is 7.29. The number of hydrogen-bond donors (Lipinski definition) is 0. The molecule has 1 unspecified atom stereocenters. The average Bonchev–Trinajstić information content (AvgIpc) is 2.39. The van der Waals surface area contributed by atoms with E-state index in [2.05, 4.69) is 5.18 Å². The smallest absolute Gasteiger partial charge is 0.252 e. The molecule has 7 heteroatoms. The van der Waals surface area contributed by atoms with Gasteiger partial charge in [-0.1, -0.05) is 0 Å². The SMILES string of the molecule is O=NC1=CC([N+](=O)[O-])C=CC(C(=O)Cl)=C1. The molecule has 0 N–H and O–H groups in total. The van der Waals surface area contributed by atoms with Crippen LogP contribution in [0.1, 0.15) is 0 Å². The fourth-order valence-electron chi connectivity index (χ4n) is 0.998. The van der Waals surface area contributed by atoms with E-state index in [9.17, 15) is 19.8 Å². The number of nitroso groups, excluding NO2 is 1. The van der Waals surface area contributed by atoms with E-state index >= 15 is 0 Å². The highest BCUT2D eigenvalue weighted by atomic mass is 35.5. The Morgan fingerprint density at radius 2 is 2.27 bits per heavy atom. The molecule has 0 spiro atoms. The number of nitro groups is 1. The van der Waals surface area contributed by atoms with Gasteiger partial charge in [0.25, 0.3) is 11.3 Å². The summed E-state index contributed by atoms with van der Waals surface area (Å²) in [7, 11) is 0. The van der Waals surface area contributed by atoms with Crippen molar-refractivity contribution in [2.24, 2.45) is 5.18 Å². The second-order valence-corrected chi connectivity index (χ2v) is 3.03. The topological polar surface area (TPSA) is 89.6 Å². The van der Waals surface area contributed by atoms with Gasteiger partial charge in [-0.2, -0.15) is 0 Å². The molecule has 1 rings (SSSR count). The molecule has 1 atom stereocenters. The van der Waals surface area contributed by atoms with Gasteiger partial charge in [-0.25, -0.2) is 0 Å². The first-order valence-corrected chi connectivity index (χ1v) is 4.21. The van der Waals surface area contributed by atoms with Crippen LogP contribution in [0.4, 0.5) is 0 Å². The summed E-state index contributed by atoms with van der Waals surface area (Å²) in [5.74, 6) is 0. The number of allylic oxidation sites excluding steroid dienone is 3. The second kappa shape index (κ2) is 4.61. The molecular weight excluding hydrogens is 224 g/mol. The Kier molecular flexibility index (Phi) is 3.46. The summed E-state index contributed by atoms with van der Waals surface area (Å²) in [4.78, 5) is 30.9. The second-order valence-electron chi connectivity index (χ2n) is 2.69. The summed E-state index contributed by atoms with van der Waals surface area (Å²) >= 11 is 5.18. The van der Waals surface area contributed by atoms with Crippen molar-refractivity contribution in [3.63, 3.8) is 0 Å². The summed E-state index contributed by atoms with van der Waals surface area (Å²) in [6, 6.07) is -1.18. The van der Waals surface area contributed by atoms with E-state index in [1.54, 1.807) is 0 Å². The molecule has 0 heterocycles. The lowest BCUT2D eigenvalue weighted by Gasteiger charge is -1.95. The van der Waals surface area contributed by atoms with Gasteiger partial charge in [0.15, 0.2) is 0 Å². The minimum atomic E-state index is -1.18. The van der Waals surface area contributed by atoms with Gasteiger partial charge in [0.1, 0.15) is 5.70 Å². The molecular formula is C8H5ClN2O4. The van der Waals surface area contributed by atoms with E-state index in [1.165, 1.54) is 6.08 Å². The highest BCUT2D eigenvalue weighted by Crippen LogP contribution is 2.15. The van der Waals surface area contributed by atoms with Crippen LogP contribution < -0.4 is 0 Å². The van der Waals surface area contributed by atoms with Crippen molar-refractivity contribution in [2.45, 2.75) is 6.04 Å². The Bertz CT molecular complexity index is 411. The molecule has 6 nitrogen and oxygen atoms in total. The summed E-state index contributed by atoms with van der Waals surface area (Å²) in [5.41, 5.74) is -0.197. The lowest BCUT2D eigenvalue weighted by Crippen LogP contribution is -2.13. The highest BCUT2D eigenvalue weighted by Gasteiger charge is 2.18. The Morgan fingerprint density at radius 1 is 1.60 bits per heavy atom. The minimum absolute atomic E-state index is 0.00753. The summed E-state index contributed by atoms with van der Waals surface area (Å²) in [6.45, 7) is 0. The van der Waals surface area contributed by atoms with Crippen LogP contribution in [0.15, 0.2) is 40.8 Å². The molecule has 0 saturated carbocycles. The fraction of sp³-hybridized carbons (Fsp3) is 0.125. The van der Waals surface area contributed by atoms with E-state index < -0.39 is 16.2 Å². The molecule has 0 amide bonds. The molecule has 0 aromatic heterocycles. The third-order valence-electron chi connectivity index (χ3n) is 1.69. The number of nitrogens with zero attached hydrogens (tertiary/aromatic N) is 2. The molecule has 0 radical (unpaired) electrons. The quantitative estimate of drug-likeness (QED) is 0.317. The molecule has 15 heavy (non-hydrogen) atoms. The molecule has 1 aliphatic carbocycles. The van der Waals surface area contributed by atoms with Crippen LogP contribution in [0.3, 0.4) is 0 Å². The Balaban J connectivity index is 3.12. The van der Waals surface area contributed by atoms with Crippen molar-refractivity contribution < 1.29 is 9.72 Å². The Labute approximate surface area is 89.0 Å². The van der Waals surface area contributed by atoms with Crippen LogP contribution in [0, 0.1) is 15.0 Å². The lowest BCUT2D eigenvalue weighted by molar-refractivity contribution is -0.496. The van der Waals surface area contributed by atoms with Gasteiger partial charge >= 0.3 is 0 Å². The van der Waals surface area contributed by atoms with Crippen LogP contribution in [-0.4, -0.2) is 16.2 Å². The summed E-state index contributed by atoms with van der Waals surface area (Å²) < 4.78 is 0. The van der Waals surface area contributed by atoms with Gasteiger partial charge in [-0.05, 0) is 35.0 Å². The number of hydrogen-bond acceptors (Lipinski definition) is 5. The minimum Gasteiger partial charge on any atom is -0.276 e. The third-order valence-corrected chi connectivity index (χ3v) is 1.91. The van der Waals surface area contributed by atoms with Crippen molar-refractivity contribution in [1.82, 2.24) is 0 Å². The predicted molar refractivity (Wildman–Crippen MR) is 52.7 cm³/mol. The summed E-state index contributed by atoms with van der Waals surface area (Å²) in [6.07, 6.45) is 4.49. The number of rotatable bonds is 3. The van der Waals surface area contributed by atoms with E-state index in [0.717, 1.165) is 18.2 Å². The molecule has 0 aromatic carbocycles. The van der Waals surface area contributed by atoms with Gasteiger partial charge < -0.3 is 0 Å². The van der Waals surface area contributed by atoms with Crippen molar-refractivity contribution in [3.05, 3.63) is 50.6 Å². The lowest BCUT2D eigenvalue weighted by atomic mass is 10.2. The van der Waals surface area contributed by atoms with Crippen molar-refractivity contribution in [3.8, 4) is 0 Å². The van der Waals surface area contributed by atoms with Crippen LogP contribution in [0.25, 0.3) is 0 Å². The maximum atomic E-state index is 10.8. The van der Waals surface area contributed by atoms with Crippen LogP contribution in [-0.2, 0) is 4.79 Å². The molecule has 0 fully saturated rings. The fourth-order valence-corrected chi connectivity index (χ4v) is 1.12. The van der Waals surface area contributed by atoms with E-state index in [4.69, 9.17) is 11.6 Å². The monoisotopic (exact) mass is 228 g/mol. The third kappa shape index (κ3) is 2.81. The number of halogens is 1. The van der Waals surface area contributed by atoms with Gasteiger partial charge in [0.05, 0.1) is 0 Å². The number of carbonyl (C=O) groups excluding carboxylic acids is 1. The molecule has 78 valence electrons. The van der Waals surface area contributed by atoms with Crippen molar-refractivity contribution in [1.29, 1.82) is 0 Å². The van der Waals surface area contributed by atoms with Gasteiger partial charge in [0.2, 0.25) is 0 Å². The summed E-state index contributed by atoms with van der Waals surface area (Å²) in [5, 5.41) is 12.2. The predicted octanol–water partition coefficient (Wildman–Crippen LogP) is 1.54. The maximum absolute atomic E-state index is 10.8. The van der Waals surface area contributed by atoms with E-state index in [-0.39, 0.29) is 11.3 Å². The largest absolute Gasteiger partial charge is 0.276 e. The van der Waals surface area contributed by atoms with Gasteiger partial charge in [0, 0.05) is 16.6 Å². The van der Waals surface area contributed by atoms with Crippen LogP contribution >= 0.6 is 11.6 Å². The Hall–Kier alpha value is -1.82. The molecule has 0 bridgehead atoms. The first-order valence-electron chi connectivity index (χ1n) is 3.83. The van der Waals surface area contributed by atoms with Crippen LogP contribution in [0.2, 0.25) is 0 Å². The zero-order valence-corrected chi connectivity index (χ0v) is 8.05. The molecule has 0 aromatic rings. The highest BCUT2D eigenvalue weighted by molar-refractivity contribution is 6.68. The first-order chi connectivity index (χ1) is 7.04. The molecule has 0 aliphatic heterocycles. The molecule has 0 saturated heterocycles. The van der Waals surface area contributed by atoms with Crippen molar-refractivity contribution >= 4 is 16.8 Å². The van der Waals surface area contributed by atoms with Gasteiger partial charge in [-0.15, -0.1) is 4.91 Å². The average molecular weight is 229 g/mol. The van der Waals surface area contributed by atoms with E-state index in [1.807, 2.05) is 0 Å². The first kappa shape index (κ1) is 11.3. The Morgan fingerprint density at radius 3 is 2.73 bits per heavy atom. The van der Waals surface area contributed by atoms with Crippen LogP contribution in [0.5, 0.6) is 0 Å². The molecule has 1 aliphatic rings. The normalized spacial score (nSPS) is 19.9. The number of carbonyl (C=O) groups is 1. The van der Waals surface area contributed by atoms with Gasteiger partial charge in [-0.3, -0.25) is 14.9 Å².